The summed E-state index contributed by atoms with van der Waals surface area (Å²) in [5, 5.41) is 20.1. The largest absolute Gasteiger partial charge is 0.493 e. The van der Waals surface area contributed by atoms with Crippen LogP contribution in [0.25, 0.3) is 0 Å². The summed E-state index contributed by atoms with van der Waals surface area (Å²) in [6, 6.07) is 23.7. The van der Waals surface area contributed by atoms with Crippen molar-refractivity contribution >= 4 is 41.0 Å². The fourth-order valence-electron chi connectivity index (χ4n) is 6.20. The zero-order valence-electron chi connectivity index (χ0n) is 28.8. The number of carbonyl (C=O) groups is 2. The van der Waals surface area contributed by atoms with Crippen LogP contribution in [-0.2, 0) is 10.2 Å². The minimum Gasteiger partial charge on any atom is -0.493 e. The Hall–Kier alpha value is -4.61. The molecule has 0 radical (unpaired) electrons. The topological polar surface area (TPSA) is 116 Å². The molecule has 268 valence electrons. The SMILES string of the molecule is C.CCOc1ccc(C(C)(C)C#N)cc1C1=N[C@@H](c2ccc(Cl)cc2)[C@@H](c2ccc(Cl)cc2)N1C(=O)N1CCN(CC(=O)N(C)CCC#N)CC1. The van der Waals surface area contributed by atoms with Crippen LogP contribution in [0.4, 0.5) is 4.79 Å². The van der Waals surface area contributed by atoms with Crippen molar-refractivity contribution in [3.05, 3.63) is 99.0 Å². The number of ether oxygens (including phenoxy) is 1. The van der Waals surface area contributed by atoms with Crippen LogP contribution in [0.15, 0.2) is 71.7 Å². The smallest absolute Gasteiger partial charge is 0.326 e. The average molecular weight is 731 g/mol. The van der Waals surface area contributed by atoms with E-state index in [-0.39, 0.29) is 32.3 Å². The van der Waals surface area contributed by atoms with Crippen LogP contribution in [0.1, 0.15) is 69.0 Å². The molecule has 2 heterocycles. The Morgan fingerprint density at radius 1 is 0.961 bits per heavy atom. The molecule has 1 saturated heterocycles. The predicted octanol–water partition coefficient (Wildman–Crippen LogP) is 7.48. The Kier molecular flexibility index (Phi) is 13.1. The summed E-state index contributed by atoms with van der Waals surface area (Å²) in [6.45, 7) is 8.39. The number of rotatable bonds is 10. The highest BCUT2D eigenvalue weighted by Gasteiger charge is 2.45. The zero-order chi connectivity index (χ0) is 36.0. The van der Waals surface area contributed by atoms with Crippen LogP contribution in [0.2, 0.25) is 10.0 Å². The number of urea groups is 1. The molecule has 0 N–H and O–H groups in total. The molecule has 3 amide bonds. The highest BCUT2D eigenvalue weighted by Crippen LogP contribution is 2.46. The van der Waals surface area contributed by atoms with Gasteiger partial charge in [-0.2, -0.15) is 10.5 Å². The van der Waals surface area contributed by atoms with Gasteiger partial charge in [0.25, 0.3) is 0 Å². The number of aliphatic imine (C=N–C) groups is 1. The standard InChI is InChI=1S/C38H41Cl2N7O3.CH4/c1-5-50-32-16-11-28(38(2,3)25-42)23-31(32)36-43-34(26-7-12-29(39)13-8-26)35(27-9-14-30(40)15-10-27)47(36)37(49)46-21-19-45(20-22-46)24-33(48)44(4)18-6-17-41;/h7-16,23,34-35H,5-6,18-22,24H2,1-4H3;1H4/t34-,35+;/m0./s1. The number of amidine groups is 1. The van der Waals surface area contributed by atoms with E-state index in [1.807, 2.05) is 92.4 Å². The van der Waals surface area contributed by atoms with Crippen molar-refractivity contribution in [2.24, 2.45) is 4.99 Å². The van der Waals surface area contributed by atoms with Gasteiger partial charge in [0.15, 0.2) is 0 Å². The number of amides is 3. The van der Waals surface area contributed by atoms with Crippen LogP contribution in [-0.4, -0.2) is 90.3 Å². The number of halogens is 2. The van der Waals surface area contributed by atoms with Crippen molar-refractivity contribution in [3.8, 4) is 17.9 Å². The molecule has 0 spiro atoms. The molecular formula is C39H45Cl2N7O3. The Balaban J connectivity index is 0.00000583. The monoisotopic (exact) mass is 729 g/mol. The number of carbonyl (C=O) groups excluding carboxylic acids is 2. The van der Waals surface area contributed by atoms with E-state index in [1.54, 1.807) is 21.7 Å². The van der Waals surface area contributed by atoms with Crippen molar-refractivity contribution in [3.63, 3.8) is 0 Å². The Labute approximate surface area is 311 Å². The summed E-state index contributed by atoms with van der Waals surface area (Å²) in [6.07, 6.45) is 0.276. The first-order valence-electron chi connectivity index (χ1n) is 16.7. The van der Waals surface area contributed by atoms with Gasteiger partial charge in [0.1, 0.15) is 17.6 Å². The van der Waals surface area contributed by atoms with Crippen LogP contribution in [0.3, 0.4) is 0 Å². The highest BCUT2D eigenvalue weighted by molar-refractivity contribution is 6.30. The van der Waals surface area contributed by atoms with E-state index in [0.717, 1.165) is 16.7 Å². The highest BCUT2D eigenvalue weighted by atomic mass is 35.5. The third-order valence-corrected chi connectivity index (χ3v) is 9.71. The Morgan fingerprint density at radius 2 is 1.57 bits per heavy atom. The van der Waals surface area contributed by atoms with E-state index in [4.69, 9.17) is 38.2 Å². The number of benzene rings is 3. The second kappa shape index (κ2) is 17.1. The normalized spacial score (nSPS) is 17.5. The fourth-order valence-corrected chi connectivity index (χ4v) is 6.45. The molecule has 10 nitrogen and oxygen atoms in total. The molecule has 12 heteroatoms. The maximum atomic E-state index is 14.9. The van der Waals surface area contributed by atoms with E-state index >= 15 is 0 Å². The molecule has 0 aromatic heterocycles. The minimum atomic E-state index is -0.810. The summed E-state index contributed by atoms with van der Waals surface area (Å²) in [5.74, 6) is 0.925. The van der Waals surface area contributed by atoms with Crippen LogP contribution in [0.5, 0.6) is 5.75 Å². The third-order valence-electron chi connectivity index (χ3n) is 9.20. The summed E-state index contributed by atoms with van der Waals surface area (Å²) in [5.41, 5.74) is 2.29. The van der Waals surface area contributed by atoms with E-state index in [1.165, 1.54) is 0 Å². The quantitative estimate of drug-likeness (QED) is 0.214. The molecule has 1 fully saturated rings. The van der Waals surface area contributed by atoms with Crippen LogP contribution < -0.4 is 4.74 Å². The molecule has 3 aromatic rings. The number of likely N-dealkylation sites (N-methyl/N-ethyl adjacent to an activating group) is 1. The van der Waals surface area contributed by atoms with Gasteiger partial charge >= 0.3 is 6.03 Å². The van der Waals surface area contributed by atoms with E-state index < -0.39 is 17.5 Å². The summed E-state index contributed by atoms with van der Waals surface area (Å²) in [7, 11) is 1.70. The number of piperazine rings is 1. The van der Waals surface area contributed by atoms with E-state index in [2.05, 4.69) is 12.1 Å². The lowest BCUT2D eigenvalue weighted by Gasteiger charge is -2.39. The first-order chi connectivity index (χ1) is 24.0. The first kappa shape index (κ1) is 39.2. The maximum absolute atomic E-state index is 14.9. The molecule has 3 aromatic carbocycles. The van der Waals surface area contributed by atoms with Gasteiger partial charge in [0.05, 0.1) is 48.7 Å². The second-order valence-corrected chi connectivity index (χ2v) is 13.8. The molecule has 51 heavy (non-hydrogen) atoms. The molecule has 5 rings (SSSR count). The number of nitrogens with zero attached hydrogens (tertiary/aromatic N) is 7. The molecular weight excluding hydrogens is 685 g/mol. The Morgan fingerprint density at radius 3 is 2.14 bits per heavy atom. The Bertz CT molecular complexity index is 1810. The summed E-state index contributed by atoms with van der Waals surface area (Å²) >= 11 is 12.6. The fraction of sp³-hybridized carbons (Fsp3) is 0.410. The van der Waals surface area contributed by atoms with Crippen molar-refractivity contribution in [1.82, 2.24) is 19.6 Å². The van der Waals surface area contributed by atoms with Gasteiger partial charge in [-0.05, 0) is 73.9 Å². The van der Waals surface area contributed by atoms with Crippen molar-refractivity contribution in [2.75, 3.05) is 52.9 Å². The summed E-state index contributed by atoms with van der Waals surface area (Å²) < 4.78 is 6.12. The van der Waals surface area contributed by atoms with Crippen LogP contribution in [0, 0.1) is 22.7 Å². The molecule has 0 aliphatic carbocycles. The van der Waals surface area contributed by atoms with Gasteiger partial charge in [0.2, 0.25) is 5.91 Å². The van der Waals surface area contributed by atoms with E-state index in [9.17, 15) is 14.9 Å². The zero-order valence-corrected chi connectivity index (χ0v) is 30.3. The van der Waals surface area contributed by atoms with Gasteiger partial charge in [-0.15, -0.1) is 0 Å². The maximum Gasteiger partial charge on any atom is 0.326 e. The van der Waals surface area contributed by atoms with Gasteiger partial charge in [-0.25, -0.2) is 4.79 Å². The predicted molar refractivity (Wildman–Crippen MR) is 201 cm³/mol. The van der Waals surface area contributed by atoms with Crippen molar-refractivity contribution in [2.45, 2.75) is 52.1 Å². The number of hydrogen-bond acceptors (Lipinski definition) is 7. The second-order valence-electron chi connectivity index (χ2n) is 13.0. The number of nitriles is 2. The molecule has 2 aliphatic rings. The molecule has 0 bridgehead atoms. The molecule has 2 aliphatic heterocycles. The average Bonchev–Trinajstić information content (AvgIpc) is 3.51. The summed E-state index contributed by atoms with van der Waals surface area (Å²) in [4.78, 5) is 40.2. The third kappa shape index (κ3) is 8.83. The lowest BCUT2D eigenvalue weighted by Crippen LogP contribution is -2.55. The molecule has 0 saturated carbocycles. The van der Waals surface area contributed by atoms with Crippen LogP contribution >= 0.6 is 23.2 Å². The molecule has 0 unspecified atom stereocenters. The van der Waals surface area contributed by atoms with Gasteiger partial charge in [-0.3, -0.25) is 19.6 Å². The van der Waals surface area contributed by atoms with Gasteiger partial charge in [-0.1, -0.05) is 61.0 Å². The minimum absolute atomic E-state index is 0. The first-order valence-corrected chi connectivity index (χ1v) is 17.4. The lowest BCUT2D eigenvalue weighted by molar-refractivity contribution is -0.131. The van der Waals surface area contributed by atoms with Gasteiger partial charge in [0, 0.05) is 49.8 Å². The van der Waals surface area contributed by atoms with Gasteiger partial charge < -0.3 is 14.5 Å². The molecule has 2 atom stereocenters. The van der Waals surface area contributed by atoms with Crippen molar-refractivity contribution in [1.29, 1.82) is 10.5 Å². The lowest BCUT2D eigenvalue weighted by atomic mass is 9.85. The van der Waals surface area contributed by atoms with Crippen molar-refractivity contribution < 1.29 is 14.3 Å². The number of hydrogen-bond donors (Lipinski definition) is 0. The van der Waals surface area contributed by atoms with E-state index in [0.29, 0.717) is 66.5 Å².